The largest absolute Gasteiger partial charge is 0.351 e. The van der Waals surface area contributed by atoms with E-state index in [1.165, 1.54) is 11.0 Å². The van der Waals surface area contributed by atoms with E-state index in [9.17, 15) is 14.4 Å². The Labute approximate surface area is 273 Å². The molecule has 1 heterocycles. The fraction of sp³-hybridized carbons (Fsp3) is 0.194. The number of amides is 3. The van der Waals surface area contributed by atoms with E-state index in [2.05, 4.69) is 10.6 Å². The molecule has 0 aromatic heterocycles. The van der Waals surface area contributed by atoms with Crippen LogP contribution < -0.4 is 15.5 Å². The summed E-state index contributed by atoms with van der Waals surface area (Å²) in [5.74, 6) is -4.73. The Morgan fingerprint density at radius 1 is 0.848 bits per heavy atom. The van der Waals surface area contributed by atoms with Crippen LogP contribution in [0.25, 0.3) is 16.7 Å². The van der Waals surface area contributed by atoms with Gasteiger partial charge in [0.2, 0.25) is 5.91 Å². The number of rotatable bonds is 8. The van der Waals surface area contributed by atoms with Crippen LogP contribution in [0.15, 0.2) is 109 Å². The number of fused-ring (bicyclic) bond motifs is 1. The van der Waals surface area contributed by atoms with Gasteiger partial charge in [-0.2, -0.15) is 0 Å². The lowest BCUT2D eigenvalue weighted by molar-refractivity contribution is -0.116. The fourth-order valence-corrected chi connectivity index (χ4v) is 5.22. The van der Waals surface area contributed by atoms with E-state index in [1.807, 2.05) is 61.5 Å². The number of benzene rings is 4. The highest BCUT2D eigenvalue weighted by atomic mass is 35.5. The van der Waals surface area contributed by atoms with E-state index in [0.29, 0.717) is 30.0 Å². The van der Waals surface area contributed by atoms with E-state index >= 15 is 8.78 Å². The molecule has 0 aliphatic carbocycles. The van der Waals surface area contributed by atoms with Crippen LogP contribution >= 0.6 is 12.4 Å². The van der Waals surface area contributed by atoms with Crippen molar-refractivity contribution in [2.75, 3.05) is 43.9 Å². The standard InChI is InChI=1S/C36H34F2N4O3.ClH/c1-41(2)23-21-39-33(43)24-31-30-14-8-9-15-32(30)42(22-20-36(31,37)38)35(45)26-16-18-27(19-17-26)40-34(44)29-13-7-6-12-28(29)25-10-4-3-5-11-25;/h3-19,24H,20-23H2,1-2H3,(H,39,43)(H,40,44);1H/b31-24-;. The van der Waals surface area contributed by atoms with E-state index in [4.69, 9.17) is 0 Å². The summed E-state index contributed by atoms with van der Waals surface area (Å²) in [4.78, 5) is 42.7. The van der Waals surface area contributed by atoms with Crippen molar-refractivity contribution >= 4 is 47.1 Å². The Balaban J connectivity index is 0.00000480. The summed E-state index contributed by atoms with van der Waals surface area (Å²) in [6.07, 6.45) is 0.287. The Kier molecular flexibility index (Phi) is 11.1. The second-order valence-corrected chi connectivity index (χ2v) is 11.0. The number of nitrogens with zero attached hydrogens (tertiary/aromatic N) is 2. The first-order chi connectivity index (χ1) is 21.6. The monoisotopic (exact) mass is 644 g/mol. The van der Waals surface area contributed by atoms with E-state index < -0.39 is 29.7 Å². The minimum absolute atomic E-state index is 0. The van der Waals surface area contributed by atoms with Crippen molar-refractivity contribution in [3.05, 3.63) is 126 Å². The van der Waals surface area contributed by atoms with Crippen molar-refractivity contribution in [1.29, 1.82) is 0 Å². The normalized spacial score (nSPS) is 14.5. The lowest BCUT2D eigenvalue weighted by atomic mass is 9.97. The predicted octanol–water partition coefficient (Wildman–Crippen LogP) is 6.77. The molecule has 1 aliphatic rings. The van der Waals surface area contributed by atoms with Gasteiger partial charge in [0.05, 0.1) is 5.69 Å². The van der Waals surface area contributed by atoms with Gasteiger partial charge < -0.3 is 20.4 Å². The van der Waals surface area contributed by atoms with Crippen LogP contribution in [0.1, 0.15) is 32.7 Å². The molecule has 0 radical (unpaired) electrons. The lowest BCUT2D eigenvalue weighted by Gasteiger charge is -2.23. The number of nitrogens with one attached hydrogen (secondary N) is 2. The minimum Gasteiger partial charge on any atom is -0.351 e. The molecule has 0 atom stereocenters. The molecule has 238 valence electrons. The van der Waals surface area contributed by atoms with Crippen LogP contribution in [0.5, 0.6) is 0 Å². The highest BCUT2D eigenvalue weighted by molar-refractivity contribution is 6.11. The molecule has 0 fully saturated rings. The maximum atomic E-state index is 15.5. The molecule has 2 N–H and O–H groups in total. The number of hydrogen-bond acceptors (Lipinski definition) is 4. The van der Waals surface area contributed by atoms with Gasteiger partial charge in [-0.15, -0.1) is 12.4 Å². The van der Waals surface area contributed by atoms with Crippen LogP contribution in [0, 0.1) is 0 Å². The van der Waals surface area contributed by atoms with Crippen molar-refractivity contribution < 1.29 is 23.2 Å². The first kappa shape index (κ1) is 34.0. The van der Waals surface area contributed by atoms with Crippen molar-refractivity contribution in [3.63, 3.8) is 0 Å². The smallest absolute Gasteiger partial charge is 0.275 e. The number of carbonyl (C=O) groups is 3. The molecule has 0 bridgehead atoms. The van der Waals surface area contributed by atoms with Gasteiger partial charge >= 0.3 is 0 Å². The maximum Gasteiger partial charge on any atom is 0.275 e. The molecule has 4 aromatic carbocycles. The van der Waals surface area contributed by atoms with Crippen molar-refractivity contribution in [2.24, 2.45) is 0 Å². The maximum absolute atomic E-state index is 15.5. The van der Waals surface area contributed by atoms with Gasteiger partial charge in [0, 0.05) is 60.1 Å². The fourth-order valence-electron chi connectivity index (χ4n) is 5.22. The molecule has 3 amide bonds. The number of carbonyl (C=O) groups excluding carboxylic acids is 3. The van der Waals surface area contributed by atoms with Gasteiger partial charge in [-0.25, -0.2) is 8.78 Å². The average Bonchev–Trinajstić information content (AvgIpc) is 3.15. The zero-order valence-electron chi connectivity index (χ0n) is 25.5. The summed E-state index contributed by atoms with van der Waals surface area (Å²) in [5, 5.41) is 5.53. The average molecular weight is 645 g/mol. The SMILES string of the molecule is CN(C)CCNC(=O)/C=C1/c2ccccc2N(C(=O)c2ccc(NC(=O)c3ccccc3-c3ccccc3)cc2)CCC1(F)F.Cl. The van der Waals surface area contributed by atoms with Gasteiger partial charge in [0.15, 0.2) is 0 Å². The number of halogens is 3. The van der Waals surface area contributed by atoms with Gasteiger partial charge in [-0.1, -0.05) is 66.7 Å². The van der Waals surface area contributed by atoms with E-state index in [1.54, 1.807) is 54.6 Å². The van der Waals surface area contributed by atoms with Gasteiger partial charge in [0.1, 0.15) is 0 Å². The summed E-state index contributed by atoms with van der Waals surface area (Å²) < 4.78 is 30.9. The van der Waals surface area contributed by atoms with Crippen LogP contribution in [0.4, 0.5) is 20.2 Å². The molecule has 0 saturated heterocycles. The summed E-state index contributed by atoms with van der Waals surface area (Å²) in [6, 6.07) is 29.6. The number of alkyl halides is 2. The Morgan fingerprint density at radius 2 is 1.48 bits per heavy atom. The van der Waals surface area contributed by atoms with Gasteiger partial charge in [-0.05, 0) is 61.6 Å². The van der Waals surface area contributed by atoms with Gasteiger partial charge in [0.25, 0.3) is 17.7 Å². The zero-order valence-corrected chi connectivity index (χ0v) is 26.3. The first-order valence-electron chi connectivity index (χ1n) is 14.6. The Morgan fingerprint density at radius 3 is 2.17 bits per heavy atom. The third kappa shape index (κ3) is 7.85. The quantitative estimate of drug-likeness (QED) is 0.207. The summed E-state index contributed by atoms with van der Waals surface area (Å²) >= 11 is 0. The van der Waals surface area contributed by atoms with Gasteiger partial charge in [-0.3, -0.25) is 14.4 Å². The molecular formula is C36H35ClF2N4O3. The van der Waals surface area contributed by atoms with Crippen molar-refractivity contribution in [3.8, 4) is 11.1 Å². The summed E-state index contributed by atoms with van der Waals surface area (Å²) in [7, 11) is 3.70. The van der Waals surface area contributed by atoms with Crippen LogP contribution in [-0.2, 0) is 4.79 Å². The number of hydrogen-bond donors (Lipinski definition) is 2. The number of likely N-dealkylation sites (N-methyl/N-ethyl adjacent to an activating group) is 1. The number of allylic oxidation sites excluding steroid dienone is 1. The second-order valence-electron chi connectivity index (χ2n) is 11.0. The molecule has 46 heavy (non-hydrogen) atoms. The number of anilines is 2. The molecule has 1 aliphatic heterocycles. The summed E-state index contributed by atoms with van der Waals surface area (Å²) in [5.41, 5.74) is 2.94. The molecule has 0 spiro atoms. The molecule has 0 unspecified atom stereocenters. The van der Waals surface area contributed by atoms with Crippen LogP contribution in [0.2, 0.25) is 0 Å². The minimum atomic E-state index is -3.34. The third-order valence-electron chi connectivity index (χ3n) is 7.55. The highest BCUT2D eigenvalue weighted by Crippen LogP contribution is 2.43. The molecule has 7 nitrogen and oxygen atoms in total. The predicted molar refractivity (Wildman–Crippen MR) is 181 cm³/mol. The molecule has 4 aromatic rings. The van der Waals surface area contributed by atoms with E-state index in [0.717, 1.165) is 17.2 Å². The zero-order chi connectivity index (χ0) is 32.0. The summed E-state index contributed by atoms with van der Waals surface area (Å²) in [6.45, 7) is 0.619. The van der Waals surface area contributed by atoms with E-state index in [-0.39, 0.29) is 36.0 Å². The Hall–Kier alpha value is -4.86. The molecule has 5 rings (SSSR count). The second kappa shape index (κ2) is 14.9. The third-order valence-corrected chi connectivity index (χ3v) is 7.55. The Bertz CT molecular complexity index is 1730. The van der Waals surface area contributed by atoms with Crippen molar-refractivity contribution in [2.45, 2.75) is 12.3 Å². The number of para-hydroxylation sites is 1. The van der Waals surface area contributed by atoms with Crippen LogP contribution in [-0.4, -0.2) is 62.3 Å². The van der Waals surface area contributed by atoms with Crippen LogP contribution in [0.3, 0.4) is 0 Å². The highest BCUT2D eigenvalue weighted by Gasteiger charge is 2.41. The lowest BCUT2D eigenvalue weighted by Crippen LogP contribution is -2.33. The first-order valence-corrected chi connectivity index (χ1v) is 14.6. The molecular weight excluding hydrogens is 610 g/mol. The van der Waals surface area contributed by atoms with Crippen molar-refractivity contribution in [1.82, 2.24) is 10.2 Å². The molecule has 10 heteroatoms. The molecule has 0 saturated carbocycles. The topological polar surface area (TPSA) is 81.8 Å².